The second-order valence-electron chi connectivity index (χ2n) is 0.954. The molecule has 0 rings (SSSR count). The third-order valence-electron chi connectivity index (χ3n) is 0.394. The van der Waals surface area contributed by atoms with Crippen molar-refractivity contribution in [3.63, 3.8) is 0 Å². The minimum atomic E-state index is 0. The van der Waals surface area contributed by atoms with E-state index in [2.05, 4.69) is 12.3 Å². The standard InChI is InChI=1S/C3H10N2.BrH/c1-2-3-5-4;/h5H,2-4H2,1H3;1H. The van der Waals surface area contributed by atoms with Crippen LogP contribution in [0.15, 0.2) is 0 Å². The highest BCUT2D eigenvalue weighted by Gasteiger charge is 1.64. The number of nitrogens with two attached hydrogens (primary N) is 1. The molecule has 0 aromatic carbocycles. The molecule has 3 N–H and O–H groups in total. The Balaban J connectivity index is 0. The summed E-state index contributed by atoms with van der Waals surface area (Å²) in [5.74, 6) is 4.89. The fourth-order valence-corrected chi connectivity index (χ4v) is 0.144. The van der Waals surface area contributed by atoms with Crippen LogP contribution in [0, 0.1) is 0 Å². The predicted molar refractivity (Wildman–Crippen MR) is 32.8 cm³/mol. The molecule has 0 fully saturated rings. The molecular formula is C3H11BrN2. The third kappa shape index (κ3) is 8.83. The van der Waals surface area contributed by atoms with Gasteiger partial charge in [-0.25, -0.2) is 0 Å². The van der Waals surface area contributed by atoms with Crippen molar-refractivity contribution in [2.75, 3.05) is 6.54 Å². The molecule has 0 bridgehead atoms. The molecule has 0 saturated carbocycles. The second kappa shape index (κ2) is 9.04. The fourth-order valence-electron chi connectivity index (χ4n) is 0.144. The van der Waals surface area contributed by atoms with Gasteiger partial charge in [0.25, 0.3) is 0 Å². The summed E-state index contributed by atoms with van der Waals surface area (Å²) in [7, 11) is 0. The molecule has 0 unspecified atom stereocenters. The number of halogens is 1. The quantitative estimate of drug-likeness (QED) is 0.448. The Kier molecular flexibility index (Phi) is 14.5. The van der Waals surface area contributed by atoms with Gasteiger partial charge in [0.1, 0.15) is 0 Å². The normalized spacial score (nSPS) is 7.00. The van der Waals surface area contributed by atoms with Gasteiger partial charge in [-0.3, -0.25) is 11.3 Å². The molecule has 0 aliphatic carbocycles. The maximum atomic E-state index is 4.89. The van der Waals surface area contributed by atoms with E-state index >= 15 is 0 Å². The van der Waals surface area contributed by atoms with Crippen LogP contribution in [0.3, 0.4) is 0 Å². The first-order chi connectivity index (χ1) is 2.41. The topological polar surface area (TPSA) is 38.0 Å². The number of hydrogen-bond acceptors (Lipinski definition) is 2. The summed E-state index contributed by atoms with van der Waals surface area (Å²) in [6.07, 6.45) is 1.11. The van der Waals surface area contributed by atoms with Gasteiger partial charge in [-0.2, -0.15) is 0 Å². The summed E-state index contributed by atoms with van der Waals surface area (Å²) in [6.45, 7) is 2.99. The first-order valence-electron chi connectivity index (χ1n) is 1.85. The molecule has 0 spiro atoms. The highest BCUT2D eigenvalue weighted by Crippen LogP contribution is 1.61. The average Bonchev–Trinajstić information content (AvgIpc) is 1.41. The Morgan fingerprint density at radius 3 is 2.17 bits per heavy atom. The van der Waals surface area contributed by atoms with Gasteiger partial charge in [0.2, 0.25) is 0 Å². The monoisotopic (exact) mass is 154 g/mol. The van der Waals surface area contributed by atoms with Gasteiger partial charge in [0.15, 0.2) is 0 Å². The van der Waals surface area contributed by atoms with Crippen molar-refractivity contribution in [2.24, 2.45) is 5.84 Å². The molecule has 2 nitrogen and oxygen atoms in total. The van der Waals surface area contributed by atoms with Gasteiger partial charge in [-0.1, -0.05) is 6.92 Å². The lowest BCUT2D eigenvalue weighted by Gasteiger charge is -1.85. The zero-order chi connectivity index (χ0) is 4.12. The highest BCUT2D eigenvalue weighted by molar-refractivity contribution is 8.93. The van der Waals surface area contributed by atoms with Gasteiger partial charge >= 0.3 is 0 Å². The van der Waals surface area contributed by atoms with Crippen LogP contribution in [0.25, 0.3) is 0 Å². The lowest BCUT2D eigenvalue weighted by molar-refractivity contribution is 0.714. The first-order valence-corrected chi connectivity index (χ1v) is 1.85. The molecule has 40 valence electrons. The van der Waals surface area contributed by atoms with Crippen LogP contribution in [0.1, 0.15) is 13.3 Å². The zero-order valence-electron chi connectivity index (χ0n) is 3.90. The van der Waals surface area contributed by atoms with Gasteiger partial charge in [0.05, 0.1) is 0 Å². The Hall–Kier alpha value is 0.400. The SMILES string of the molecule is Br.CCCNN. The fraction of sp³-hybridized carbons (Fsp3) is 1.00. The van der Waals surface area contributed by atoms with Gasteiger partial charge in [-0.05, 0) is 6.42 Å². The molecule has 0 radical (unpaired) electrons. The predicted octanol–water partition coefficient (Wildman–Crippen LogP) is 0.438. The average molecular weight is 155 g/mol. The molecule has 6 heavy (non-hydrogen) atoms. The van der Waals surface area contributed by atoms with E-state index in [0.29, 0.717) is 0 Å². The minimum Gasteiger partial charge on any atom is -0.271 e. The van der Waals surface area contributed by atoms with Crippen molar-refractivity contribution in [3.8, 4) is 0 Å². The Morgan fingerprint density at radius 1 is 1.67 bits per heavy atom. The number of nitrogens with one attached hydrogen (secondary N) is 1. The summed E-state index contributed by atoms with van der Waals surface area (Å²) in [5, 5.41) is 0. The van der Waals surface area contributed by atoms with Crippen LogP contribution in [0.5, 0.6) is 0 Å². The molecule has 0 aromatic heterocycles. The third-order valence-corrected chi connectivity index (χ3v) is 0.394. The molecule has 0 amide bonds. The van der Waals surface area contributed by atoms with Gasteiger partial charge in [-0.15, -0.1) is 17.0 Å². The molecular weight excluding hydrogens is 144 g/mol. The van der Waals surface area contributed by atoms with Crippen LogP contribution in [-0.2, 0) is 0 Å². The number of hydrogen-bond donors (Lipinski definition) is 2. The van der Waals surface area contributed by atoms with E-state index in [0.717, 1.165) is 13.0 Å². The minimum absolute atomic E-state index is 0. The van der Waals surface area contributed by atoms with Crippen LogP contribution >= 0.6 is 17.0 Å². The van der Waals surface area contributed by atoms with E-state index < -0.39 is 0 Å². The van der Waals surface area contributed by atoms with Gasteiger partial charge < -0.3 is 0 Å². The van der Waals surface area contributed by atoms with E-state index in [1.165, 1.54) is 0 Å². The summed E-state index contributed by atoms with van der Waals surface area (Å²) in [5.41, 5.74) is 2.52. The molecule has 0 heterocycles. The smallest absolute Gasteiger partial charge is 0.00947 e. The Bertz CT molecular complexity index is 16.3. The summed E-state index contributed by atoms with van der Waals surface area (Å²) in [6, 6.07) is 0. The van der Waals surface area contributed by atoms with Crippen molar-refractivity contribution < 1.29 is 0 Å². The van der Waals surface area contributed by atoms with Crippen LogP contribution in [0.2, 0.25) is 0 Å². The summed E-state index contributed by atoms with van der Waals surface area (Å²) >= 11 is 0. The zero-order valence-corrected chi connectivity index (χ0v) is 5.61. The Morgan fingerprint density at radius 2 is 2.17 bits per heavy atom. The van der Waals surface area contributed by atoms with E-state index in [1.54, 1.807) is 0 Å². The molecule has 0 aliphatic heterocycles. The van der Waals surface area contributed by atoms with E-state index in [4.69, 9.17) is 5.84 Å². The molecule has 0 aromatic rings. The van der Waals surface area contributed by atoms with Crippen molar-refractivity contribution in [3.05, 3.63) is 0 Å². The lowest BCUT2D eigenvalue weighted by atomic mass is 10.5. The van der Waals surface area contributed by atoms with Gasteiger partial charge in [0, 0.05) is 6.54 Å². The van der Waals surface area contributed by atoms with E-state index in [-0.39, 0.29) is 17.0 Å². The van der Waals surface area contributed by atoms with E-state index in [9.17, 15) is 0 Å². The largest absolute Gasteiger partial charge is 0.271 e. The maximum absolute atomic E-state index is 4.89. The van der Waals surface area contributed by atoms with Crippen molar-refractivity contribution in [2.45, 2.75) is 13.3 Å². The Labute approximate surface area is 48.8 Å². The molecule has 0 saturated heterocycles. The van der Waals surface area contributed by atoms with Crippen LogP contribution < -0.4 is 11.3 Å². The summed E-state index contributed by atoms with van der Waals surface area (Å²) in [4.78, 5) is 0. The maximum Gasteiger partial charge on any atom is 0.00947 e. The molecule has 3 heteroatoms. The molecule has 0 aliphatic rings. The highest BCUT2D eigenvalue weighted by atomic mass is 79.9. The van der Waals surface area contributed by atoms with Crippen molar-refractivity contribution in [1.29, 1.82) is 0 Å². The van der Waals surface area contributed by atoms with Crippen molar-refractivity contribution in [1.82, 2.24) is 5.43 Å². The lowest BCUT2D eigenvalue weighted by Crippen LogP contribution is -2.21. The number of hydrazine groups is 1. The molecule has 0 atom stereocenters. The van der Waals surface area contributed by atoms with Crippen molar-refractivity contribution >= 4 is 17.0 Å². The summed E-state index contributed by atoms with van der Waals surface area (Å²) < 4.78 is 0. The number of rotatable bonds is 2. The van der Waals surface area contributed by atoms with E-state index in [1.807, 2.05) is 0 Å². The van der Waals surface area contributed by atoms with Crippen LogP contribution in [-0.4, -0.2) is 6.54 Å². The first kappa shape index (κ1) is 9.64. The second-order valence-corrected chi connectivity index (χ2v) is 0.954. The van der Waals surface area contributed by atoms with Crippen LogP contribution in [0.4, 0.5) is 0 Å².